The molecule has 0 bridgehead atoms. The van der Waals surface area contributed by atoms with Crippen LogP contribution in [-0.4, -0.2) is 58.2 Å². The van der Waals surface area contributed by atoms with Gasteiger partial charge in [0.2, 0.25) is 5.91 Å². The number of rotatable bonds is 11. The van der Waals surface area contributed by atoms with Crippen LogP contribution in [0.3, 0.4) is 0 Å². The number of carbonyl (C=O) groups excluding carboxylic acids is 1. The van der Waals surface area contributed by atoms with Crippen LogP contribution in [0.25, 0.3) is 10.9 Å². The summed E-state index contributed by atoms with van der Waals surface area (Å²) in [6.45, 7) is 5.54. The Kier molecular flexibility index (Phi) is 8.14. The van der Waals surface area contributed by atoms with Crippen molar-refractivity contribution in [3.05, 3.63) is 84.4 Å². The van der Waals surface area contributed by atoms with E-state index < -0.39 is 6.17 Å². The average Bonchev–Trinajstić information content (AvgIpc) is 2.92. The van der Waals surface area contributed by atoms with Crippen molar-refractivity contribution in [2.45, 2.75) is 12.8 Å². The van der Waals surface area contributed by atoms with E-state index in [1.54, 1.807) is 30.5 Å². The highest BCUT2D eigenvalue weighted by Gasteiger charge is 2.25. The van der Waals surface area contributed by atoms with E-state index >= 15 is 0 Å². The lowest BCUT2D eigenvalue weighted by Crippen LogP contribution is -2.49. The molecule has 200 valence electrons. The van der Waals surface area contributed by atoms with Crippen molar-refractivity contribution in [1.82, 2.24) is 19.9 Å². The Bertz CT molecular complexity index is 1480. The highest BCUT2D eigenvalue weighted by atomic mass is 35.5. The molecule has 2 aromatic carbocycles. The Morgan fingerprint density at radius 2 is 2.00 bits per heavy atom. The van der Waals surface area contributed by atoms with E-state index in [2.05, 4.69) is 32.2 Å². The fraction of sp³-hybridized carbons (Fsp3) is 0.214. The van der Waals surface area contributed by atoms with Gasteiger partial charge in [0.15, 0.2) is 0 Å². The molecule has 0 radical (unpaired) electrons. The zero-order valence-electron chi connectivity index (χ0n) is 20.9. The number of benzene rings is 2. The van der Waals surface area contributed by atoms with Crippen molar-refractivity contribution in [3.63, 3.8) is 0 Å². The Morgan fingerprint density at radius 3 is 2.74 bits per heavy atom. The van der Waals surface area contributed by atoms with Gasteiger partial charge in [-0.05, 0) is 42.5 Å². The lowest BCUT2D eigenvalue weighted by Gasteiger charge is -2.33. The molecule has 5 rings (SSSR count). The van der Waals surface area contributed by atoms with Gasteiger partial charge in [0.05, 0.1) is 21.9 Å². The van der Waals surface area contributed by atoms with E-state index in [1.807, 2.05) is 29.2 Å². The lowest BCUT2D eigenvalue weighted by molar-refractivity contribution is -0.111. The molecule has 3 heterocycles. The van der Waals surface area contributed by atoms with Crippen LogP contribution in [0.1, 0.15) is 5.69 Å². The number of hydrogen-bond donors (Lipinski definition) is 2. The zero-order chi connectivity index (χ0) is 27.2. The second kappa shape index (κ2) is 12.1. The molecule has 39 heavy (non-hydrogen) atoms. The van der Waals surface area contributed by atoms with E-state index in [1.165, 1.54) is 12.4 Å². The Labute approximate surface area is 229 Å². The number of nitrogens with zero attached hydrogens (tertiary/aromatic N) is 4. The quantitative estimate of drug-likeness (QED) is 0.248. The van der Waals surface area contributed by atoms with Crippen LogP contribution in [0.2, 0.25) is 5.02 Å². The van der Waals surface area contributed by atoms with Crippen molar-refractivity contribution in [3.8, 4) is 11.5 Å². The van der Waals surface area contributed by atoms with E-state index in [-0.39, 0.29) is 5.91 Å². The molecule has 0 atom stereocenters. The van der Waals surface area contributed by atoms with Crippen LogP contribution in [-0.2, 0) is 11.4 Å². The van der Waals surface area contributed by atoms with Gasteiger partial charge in [0, 0.05) is 43.0 Å². The summed E-state index contributed by atoms with van der Waals surface area (Å²) in [6, 6.07) is 14.4. The van der Waals surface area contributed by atoms with Crippen molar-refractivity contribution in [2.75, 3.05) is 36.9 Å². The number of aromatic nitrogens is 3. The highest BCUT2D eigenvalue weighted by Crippen LogP contribution is 2.35. The number of amides is 1. The molecule has 4 aromatic rings. The first-order valence-electron chi connectivity index (χ1n) is 12.3. The largest absolute Gasteiger partial charge is 0.490 e. The summed E-state index contributed by atoms with van der Waals surface area (Å²) in [7, 11) is 0. The number of ether oxygens (including phenoxy) is 2. The van der Waals surface area contributed by atoms with Gasteiger partial charge in [-0.3, -0.25) is 14.7 Å². The molecule has 2 N–H and O–H groups in total. The van der Waals surface area contributed by atoms with Crippen molar-refractivity contribution >= 4 is 45.6 Å². The summed E-state index contributed by atoms with van der Waals surface area (Å²) in [5.74, 6) is 1.09. The lowest BCUT2D eigenvalue weighted by atomic mass is 10.1. The molecule has 9 nitrogen and oxygen atoms in total. The average molecular weight is 549 g/mol. The number of hydrogen-bond acceptors (Lipinski definition) is 8. The van der Waals surface area contributed by atoms with Crippen LogP contribution >= 0.6 is 11.6 Å². The Balaban J connectivity index is 1.34. The molecule has 0 saturated carbocycles. The topological polar surface area (TPSA) is 102 Å². The number of nitrogens with one attached hydrogen (secondary N) is 2. The van der Waals surface area contributed by atoms with Crippen LogP contribution in [0.15, 0.2) is 73.7 Å². The standard InChI is InChI=1S/C28H26ClFN6O3/c1-2-27(37)35-24-12-21-23(13-26(24)38-10-9-36-14-18(30)15-36)32-17-33-28(21)34-19-6-7-25(22(29)11-19)39-16-20-5-3-4-8-31-20/h2-8,11-13,17-18H,1,9-10,14-16H2,(H,35,37)(H,32,33,34). The van der Waals surface area contributed by atoms with Crippen molar-refractivity contribution < 1.29 is 18.7 Å². The molecule has 1 fully saturated rings. The molecule has 1 amide bonds. The third-order valence-corrected chi connectivity index (χ3v) is 6.35. The molecule has 0 aliphatic carbocycles. The van der Waals surface area contributed by atoms with Crippen LogP contribution in [0.4, 0.5) is 21.6 Å². The van der Waals surface area contributed by atoms with E-state index in [0.717, 1.165) is 5.69 Å². The van der Waals surface area contributed by atoms with Gasteiger partial charge in [-0.15, -0.1) is 0 Å². The summed E-state index contributed by atoms with van der Waals surface area (Å²) in [6.07, 6.45) is 3.54. The van der Waals surface area contributed by atoms with Crippen molar-refractivity contribution in [2.24, 2.45) is 0 Å². The van der Waals surface area contributed by atoms with Gasteiger partial charge in [0.1, 0.15) is 43.0 Å². The second-order valence-electron chi connectivity index (χ2n) is 8.87. The van der Waals surface area contributed by atoms with Gasteiger partial charge in [-0.1, -0.05) is 24.2 Å². The maximum Gasteiger partial charge on any atom is 0.247 e. The first kappa shape index (κ1) is 26.3. The maximum atomic E-state index is 13.1. The van der Waals surface area contributed by atoms with Crippen LogP contribution in [0.5, 0.6) is 11.5 Å². The van der Waals surface area contributed by atoms with Crippen molar-refractivity contribution in [1.29, 1.82) is 0 Å². The Hall–Kier alpha value is -4.28. The van der Waals surface area contributed by atoms with Gasteiger partial charge in [-0.25, -0.2) is 14.4 Å². The van der Waals surface area contributed by atoms with E-state index in [4.69, 9.17) is 21.1 Å². The summed E-state index contributed by atoms with van der Waals surface area (Å²) in [4.78, 5) is 27.1. The van der Waals surface area contributed by atoms with Crippen LogP contribution in [0, 0.1) is 0 Å². The first-order chi connectivity index (χ1) is 19.0. The number of halogens is 2. The predicted molar refractivity (Wildman–Crippen MR) is 148 cm³/mol. The number of carbonyl (C=O) groups is 1. The fourth-order valence-electron chi connectivity index (χ4n) is 4.03. The molecule has 1 aliphatic rings. The zero-order valence-corrected chi connectivity index (χ0v) is 21.7. The first-order valence-corrected chi connectivity index (χ1v) is 12.7. The normalized spacial score (nSPS) is 13.5. The molecular weight excluding hydrogens is 523 g/mol. The van der Waals surface area contributed by atoms with Gasteiger partial charge in [0.25, 0.3) is 0 Å². The molecule has 0 unspecified atom stereocenters. The molecule has 2 aromatic heterocycles. The third-order valence-electron chi connectivity index (χ3n) is 6.05. The minimum Gasteiger partial charge on any atom is -0.490 e. The molecule has 11 heteroatoms. The number of anilines is 3. The minimum absolute atomic E-state index is 0.294. The summed E-state index contributed by atoms with van der Waals surface area (Å²) >= 11 is 6.48. The highest BCUT2D eigenvalue weighted by molar-refractivity contribution is 6.32. The summed E-state index contributed by atoms with van der Waals surface area (Å²) in [5.41, 5.74) is 2.52. The predicted octanol–water partition coefficient (Wildman–Crippen LogP) is 5.16. The maximum absolute atomic E-state index is 13.1. The van der Waals surface area contributed by atoms with Gasteiger partial charge in [-0.2, -0.15) is 0 Å². The number of likely N-dealkylation sites (tertiary alicyclic amines) is 1. The summed E-state index contributed by atoms with van der Waals surface area (Å²) in [5, 5.41) is 7.11. The number of pyridine rings is 1. The number of alkyl halides is 1. The van der Waals surface area contributed by atoms with E-state index in [9.17, 15) is 9.18 Å². The molecular formula is C28H26ClFN6O3. The van der Waals surface area contributed by atoms with Gasteiger partial charge < -0.3 is 20.1 Å². The summed E-state index contributed by atoms with van der Waals surface area (Å²) < 4.78 is 24.8. The Morgan fingerprint density at radius 1 is 1.13 bits per heavy atom. The molecule has 1 aliphatic heterocycles. The molecule has 0 spiro atoms. The third kappa shape index (κ3) is 6.60. The monoisotopic (exact) mass is 548 g/mol. The smallest absolute Gasteiger partial charge is 0.247 e. The van der Waals surface area contributed by atoms with Gasteiger partial charge >= 0.3 is 0 Å². The SMILES string of the molecule is C=CC(=O)Nc1cc2c(Nc3ccc(OCc4ccccn4)c(Cl)c3)ncnc2cc1OCCN1CC(F)C1. The second-order valence-corrected chi connectivity index (χ2v) is 9.27. The van der Waals surface area contributed by atoms with E-state index in [0.29, 0.717) is 77.5 Å². The fourth-order valence-corrected chi connectivity index (χ4v) is 4.26. The number of fused-ring (bicyclic) bond motifs is 1. The van der Waals surface area contributed by atoms with Crippen LogP contribution < -0.4 is 20.1 Å². The molecule has 1 saturated heterocycles. The minimum atomic E-state index is -0.777.